The number of aryl methyl sites for hydroxylation is 2. The van der Waals surface area contributed by atoms with Gasteiger partial charge in [-0.3, -0.25) is 9.59 Å². The van der Waals surface area contributed by atoms with E-state index in [0.717, 1.165) is 115 Å². The highest BCUT2D eigenvalue weighted by Gasteiger charge is 2.39. The number of nitrogens with one attached hydrogen (secondary N) is 1. The summed E-state index contributed by atoms with van der Waals surface area (Å²) >= 11 is 0. The lowest BCUT2D eigenvalue weighted by atomic mass is 9.69. The number of phenolic OH excluding ortho intramolecular Hbond substituents is 2. The van der Waals surface area contributed by atoms with Gasteiger partial charge in [0.15, 0.2) is 11.5 Å². The van der Waals surface area contributed by atoms with E-state index in [0.29, 0.717) is 18.6 Å². The second-order valence-corrected chi connectivity index (χ2v) is 16.7. The maximum atomic E-state index is 14.8. The van der Waals surface area contributed by atoms with Crippen molar-refractivity contribution in [2.45, 2.75) is 114 Å². The van der Waals surface area contributed by atoms with Gasteiger partial charge in [0.05, 0.1) is 12.5 Å². The fraction of sp³-hybridized carbons (Fsp3) is 0.388. The minimum absolute atomic E-state index is 0.0516. The Labute approximate surface area is 334 Å². The van der Waals surface area contributed by atoms with E-state index < -0.39 is 5.92 Å². The van der Waals surface area contributed by atoms with Crippen LogP contribution >= 0.6 is 0 Å². The highest BCUT2D eigenvalue weighted by Crippen LogP contribution is 2.50. The van der Waals surface area contributed by atoms with E-state index in [1.54, 1.807) is 6.07 Å². The van der Waals surface area contributed by atoms with Gasteiger partial charge in [-0.1, -0.05) is 90.2 Å². The topological polar surface area (TPSA) is 128 Å². The molecule has 3 heterocycles. The predicted molar refractivity (Wildman–Crippen MR) is 221 cm³/mol. The molecular weight excluding hydrogens is 711 g/mol. The molecule has 8 nitrogen and oxygen atoms in total. The van der Waals surface area contributed by atoms with E-state index in [1.165, 1.54) is 5.56 Å². The molecule has 1 fully saturated rings. The van der Waals surface area contributed by atoms with Crippen molar-refractivity contribution in [1.29, 1.82) is 0 Å². The lowest BCUT2D eigenvalue weighted by Gasteiger charge is -2.40. The number of nitrogens with zero attached hydrogens (tertiary/aromatic N) is 2. The second-order valence-electron chi connectivity index (χ2n) is 16.7. The lowest BCUT2D eigenvalue weighted by molar-refractivity contribution is -0.129. The van der Waals surface area contributed by atoms with E-state index in [9.17, 15) is 19.8 Å². The molecule has 1 aliphatic heterocycles. The van der Waals surface area contributed by atoms with Crippen LogP contribution in [0, 0.1) is 5.92 Å². The van der Waals surface area contributed by atoms with E-state index in [-0.39, 0.29) is 59.9 Å². The molecule has 4 aliphatic rings. The van der Waals surface area contributed by atoms with Crippen LogP contribution in [0.3, 0.4) is 0 Å². The summed E-state index contributed by atoms with van der Waals surface area (Å²) in [7, 11) is 0. The third-order valence-corrected chi connectivity index (χ3v) is 12.9. The first kappa shape index (κ1) is 37.1. The van der Waals surface area contributed by atoms with Crippen LogP contribution in [0.5, 0.6) is 17.2 Å². The standard InChI is InChI=1S/C49H51N3O5/c53-35-11-6-8-30(26-35)7-1-4-14-40-39-19-21-50-44(39)29-42-43-18-17-38(41-20-22-51-49(41)52-43)33-10-5-9-31(23-33)24-34-25-32(15-16-36(54)28-45(55)47(40)42)27-46(48(34)56)57-37-12-2-3-13-37/h5-6,8-11,19-23,25-27,29,37-38,40,43,47,51,53,56H,1-4,7,12-18,24,28H2/q-2. The zero-order valence-corrected chi connectivity index (χ0v) is 32.5. The number of rotatable bonds is 7. The molecule has 4 atom stereocenters. The summed E-state index contributed by atoms with van der Waals surface area (Å²) in [6.45, 7) is 0. The molecule has 0 amide bonds. The summed E-state index contributed by atoms with van der Waals surface area (Å²) < 4.78 is 6.42. The predicted octanol–water partition coefficient (Wildman–Crippen LogP) is 10.3. The SMILES string of the molecule is O=C1CCc2cc(c(O)c(OC3CCCC3)c2)Cc2cccc(c2)C2CCC([N-]c3[nH]ccc32)C2=Cc3[n-]ccc3C(CCCCc3cccc(O)c3)C2C(=O)C1. The van der Waals surface area contributed by atoms with E-state index in [2.05, 4.69) is 41.4 Å². The van der Waals surface area contributed by atoms with Crippen LogP contribution < -0.4 is 9.72 Å². The summed E-state index contributed by atoms with van der Waals surface area (Å²) in [5.74, 6) is 1.08. The van der Waals surface area contributed by atoms with Crippen molar-refractivity contribution in [3.8, 4) is 17.2 Å². The molecule has 294 valence electrons. The lowest BCUT2D eigenvalue weighted by Crippen LogP contribution is -2.33. The zero-order valence-electron chi connectivity index (χ0n) is 32.5. The molecule has 9 rings (SSSR count). The summed E-state index contributed by atoms with van der Waals surface area (Å²) in [5.41, 5.74) is 9.16. The van der Waals surface area contributed by atoms with E-state index in [1.807, 2.05) is 48.8 Å². The molecular formula is C49H51N3O5-2. The Morgan fingerprint density at radius 3 is 2.58 bits per heavy atom. The maximum Gasteiger partial charge on any atom is 0.161 e. The first-order chi connectivity index (χ1) is 27.9. The van der Waals surface area contributed by atoms with Crippen molar-refractivity contribution in [1.82, 2.24) is 9.97 Å². The first-order valence-electron chi connectivity index (χ1n) is 21.0. The van der Waals surface area contributed by atoms with Gasteiger partial charge >= 0.3 is 0 Å². The van der Waals surface area contributed by atoms with Gasteiger partial charge < -0.3 is 30.2 Å². The molecule has 8 heteroatoms. The van der Waals surface area contributed by atoms with Gasteiger partial charge in [0.1, 0.15) is 17.3 Å². The van der Waals surface area contributed by atoms with Crippen LogP contribution in [-0.2, 0) is 28.9 Å². The quantitative estimate of drug-likeness (QED) is 0.112. The largest absolute Gasteiger partial charge is 0.664 e. The summed E-state index contributed by atoms with van der Waals surface area (Å²) in [6, 6.07) is 23.9. The van der Waals surface area contributed by atoms with Gasteiger partial charge in [0.2, 0.25) is 0 Å². The number of unbranched alkanes of at least 4 members (excludes halogenated alkanes) is 1. The maximum absolute atomic E-state index is 14.8. The number of ether oxygens (including phenoxy) is 1. The number of carbonyl (C=O) groups excluding carboxylic acids is 2. The van der Waals surface area contributed by atoms with Crippen molar-refractivity contribution in [2.24, 2.45) is 5.92 Å². The third-order valence-electron chi connectivity index (χ3n) is 12.9. The Kier molecular flexibility index (Phi) is 10.5. The van der Waals surface area contributed by atoms with Gasteiger partial charge in [0, 0.05) is 30.2 Å². The van der Waals surface area contributed by atoms with Crippen molar-refractivity contribution >= 4 is 23.5 Å². The second kappa shape index (κ2) is 16.2. The average Bonchev–Trinajstić information content (AvgIpc) is 3.98. The van der Waals surface area contributed by atoms with Crippen LogP contribution in [0.25, 0.3) is 11.4 Å². The van der Waals surface area contributed by atoms with Crippen molar-refractivity contribution in [3.63, 3.8) is 0 Å². The number of phenols is 2. The number of fused-ring (bicyclic) bond motifs is 13. The first-order valence-corrected chi connectivity index (χ1v) is 21.0. The fourth-order valence-corrected chi connectivity index (χ4v) is 10.0. The van der Waals surface area contributed by atoms with Gasteiger partial charge in [-0.05, 0) is 122 Å². The summed E-state index contributed by atoms with van der Waals surface area (Å²) in [5, 5.41) is 27.0. The number of benzene rings is 3. The fourth-order valence-electron chi connectivity index (χ4n) is 10.0. The highest BCUT2D eigenvalue weighted by atomic mass is 16.5. The minimum Gasteiger partial charge on any atom is -0.664 e. The van der Waals surface area contributed by atoms with Gasteiger partial charge in [0.25, 0.3) is 0 Å². The molecule has 57 heavy (non-hydrogen) atoms. The number of hydrogen-bond donors (Lipinski definition) is 3. The number of H-pyrrole nitrogens is 1. The van der Waals surface area contributed by atoms with Crippen LogP contribution in [0.2, 0.25) is 0 Å². The van der Waals surface area contributed by atoms with Crippen molar-refractivity contribution < 1.29 is 24.5 Å². The average molecular weight is 762 g/mol. The zero-order chi connectivity index (χ0) is 38.9. The molecule has 1 saturated carbocycles. The normalized spacial score (nSPS) is 22.4. The molecule has 0 spiro atoms. The number of Topliss-reactive ketones (excluding diaryl/α,β-unsaturated/α-hetero) is 2. The van der Waals surface area contributed by atoms with Crippen LogP contribution in [0.4, 0.5) is 5.82 Å². The molecule has 5 aromatic rings. The van der Waals surface area contributed by atoms with E-state index in [4.69, 9.17) is 15.0 Å². The number of carbonyl (C=O) groups is 2. The number of aromatic nitrogens is 2. The van der Waals surface area contributed by atoms with Gasteiger partial charge in [-0.15, -0.1) is 5.69 Å². The minimum atomic E-state index is -0.496. The third kappa shape index (κ3) is 7.92. The van der Waals surface area contributed by atoms with Crippen molar-refractivity contribution in [2.75, 3.05) is 0 Å². The number of hydrogen-bond acceptors (Lipinski definition) is 5. The molecule has 3 N–H and O–H groups in total. The van der Waals surface area contributed by atoms with E-state index >= 15 is 0 Å². The monoisotopic (exact) mass is 761 g/mol. The molecule has 6 bridgehead atoms. The highest BCUT2D eigenvalue weighted by molar-refractivity contribution is 6.02. The number of aromatic amines is 1. The molecule has 2 aromatic heterocycles. The molecule has 0 radical (unpaired) electrons. The molecule has 4 unspecified atom stereocenters. The molecule has 3 aliphatic carbocycles. The Balaban J connectivity index is 1.08. The van der Waals surface area contributed by atoms with Crippen LogP contribution in [-0.4, -0.2) is 38.9 Å². The smallest absolute Gasteiger partial charge is 0.161 e. The summed E-state index contributed by atoms with van der Waals surface area (Å²) in [6.07, 6.45) is 16.2. The molecule has 3 aromatic carbocycles. The van der Waals surface area contributed by atoms with Crippen molar-refractivity contribution in [3.05, 3.63) is 141 Å². The Bertz CT molecular complexity index is 2290. The molecule has 0 saturated heterocycles. The number of aromatic hydroxyl groups is 2. The van der Waals surface area contributed by atoms with Crippen LogP contribution in [0.1, 0.15) is 127 Å². The van der Waals surface area contributed by atoms with Gasteiger partial charge in [-0.2, -0.15) is 6.20 Å². The Morgan fingerprint density at radius 2 is 1.70 bits per heavy atom. The summed E-state index contributed by atoms with van der Waals surface area (Å²) in [4.78, 5) is 36.9. The van der Waals surface area contributed by atoms with Crippen LogP contribution in [0.15, 0.2) is 90.8 Å². The van der Waals surface area contributed by atoms with Gasteiger partial charge in [-0.25, -0.2) is 0 Å². The Morgan fingerprint density at radius 1 is 0.825 bits per heavy atom. The number of ketones is 2. The Hall–Kier alpha value is -5.50.